The molecule has 3 rings (SSSR count). The van der Waals surface area contributed by atoms with Crippen LogP contribution < -0.4 is 11.1 Å². The number of carbonyl (C=O) groups is 1. The van der Waals surface area contributed by atoms with Crippen LogP contribution in [0.2, 0.25) is 0 Å². The van der Waals surface area contributed by atoms with Crippen LogP contribution in [0.5, 0.6) is 0 Å². The highest BCUT2D eigenvalue weighted by Crippen LogP contribution is 2.33. The summed E-state index contributed by atoms with van der Waals surface area (Å²) in [4.78, 5) is 12.0. The average molecular weight is 320 g/mol. The van der Waals surface area contributed by atoms with Crippen LogP contribution in [0.3, 0.4) is 0 Å². The van der Waals surface area contributed by atoms with E-state index in [2.05, 4.69) is 10.4 Å². The molecule has 5 nitrogen and oxygen atoms in total. The lowest BCUT2D eigenvalue weighted by Crippen LogP contribution is -2.43. The zero-order valence-electron chi connectivity index (χ0n) is 12.9. The van der Waals surface area contributed by atoms with Gasteiger partial charge in [-0.2, -0.15) is 5.10 Å². The predicted octanol–water partition coefficient (Wildman–Crippen LogP) is 2.13. The predicted molar refractivity (Wildman–Crippen MR) is 80.9 cm³/mol. The van der Waals surface area contributed by atoms with E-state index in [1.54, 1.807) is 13.1 Å². The summed E-state index contributed by atoms with van der Waals surface area (Å²) in [5, 5.41) is 7.01. The van der Waals surface area contributed by atoms with Crippen molar-refractivity contribution < 1.29 is 13.6 Å². The standard InChI is InChI=1S/C16H18F2N4O/c1-9(21-15(23)16(19)5-6-16)12-8-20-22(10(12)2)14-4-3-11(17)7-13(14)18/h3-4,7-9H,5-6,19H2,1-2H3,(H,21,23)/t9-/m0/s1. The fourth-order valence-electron chi connectivity index (χ4n) is 2.52. The molecule has 0 spiro atoms. The summed E-state index contributed by atoms with van der Waals surface area (Å²) in [6, 6.07) is 3.01. The van der Waals surface area contributed by atoms with Gasteiger partial charge in [0.1, 0.15) is 11.5 Å². The number of benzene rings is 1. The molecule has 1 atom stereocenters. The SMILES string of the molecule is Cc1c([C@H](C)NC(=O)C2(N)CC2)cnn1-c1ccc(F)cc1F. The molecule has 1 fully saturated rings. The topological polar surface area (TPSA) is 72.9 Å². The quantitative estimate of drug-likeness (QED) is 0.906. The van der Waals surface area contributed by atoms with Gasteiger partial charge in [0.25, 0.3) is 0 Å². The van der Waals surface area contributed by atoms with Gasteiger partial charge in [-0.1, -0.05) is 0 Å². The van der Waals surface area contributed by atoms with Gasteiger partial charge >= 0.3 is 0 Å². The second-order valence-corrected chi connectivity index (χ2v) is 6.04. The van der Waals surface area contributed by atoms with Gasteiger partial charge in [0.15, 0.2) is 5.82 Å². The van der Waals surface area contributed by atoms with E-state index in [1.807, 2.05) is 6.92 Å². The lowest BCUT2D eigenvalue weighted by molar-refractivity contribution is -0.123. The average Bonchev–Trinajstić information content (AvgIpc) is 3.12. The molecule has 3 N–H and O–H groups in total. The van der Waals surface area contributed by atoms with Crippen molar-refractivity contribution in [1.82, 2.24) is 15.1 Å². The van der Waals surface area contributed by atoms with Gasteiger partial charge in [0, 0.05) is 17.3 Å². The van der Waals surface area contributed by atoms with Crippen LogP contribution in [0.1, 0.15) is 37.1 Å². The second-order valence-electron chi connectivity index (χ2n) is 6.04. The highest BCUT2D eigenvalue weighted by molar-refractivity contribution is 5.89. The van der Waals surface area contributed by atoms with E-state index in [0.717, 1.165) is 11.6 Å². The highest BCUT2D eigenvalue weighted by Gasteiger charge is 2.46. The molecule has 7 heteroatoms. The first kappa shape index (κ1) is 15.6. The van der Waals surface area contributed by atoms with Crippen molar-refractivity contribution >= 4 is 5.91 Å². The van der Waals surface area contributed by atoms with E-state index in [0.29, 0.717) is 18.5 Å². The number of nitrogens with two attached hydrogens (primary N) is 1. The molecule has 1 saturated carbocycles. The summed E-state index contributed by atoms with van der Waals surface area (Å²) in [7, 11) is 0. The Labute approximate surface area is 132 Å². The van der Waals surface area contributed by atoms with Crippen LogP contribution in [0.25, 0.3) is 5.69 Å². The van der Waals surface area contributed by atoms with Gasteiger partial charge in [0.2, 0.25) is 5.91 Å². The van der Waals surface area contributed by atoms with Crippen molar-refractivity contribution in [3.8, 4) is 5.69 Å². The van der Waals surface area contributed by atoms with Crippen LogP contribution in [0, 0.1) is 18.6 Å². The molecular formula is C16H18F2N4O. The van der Waals surface area contributed by atoms with Crippen LogP contribution >= 0.6 is 0 Å². The van der Waals surface area contributed by atoms with Gasteiger partial charge in [-0.3, -0.25) is 4.79 Å². The highest BCUT2D eigenvalue weighted by atomic mass is 19.1. The maximum atomic E-state index is 13.9. The number of aromatic nitrogens is 2. The minimum atomic E-state index is -0.749. The number of rotatable bonds is 4. The zero-order valence-corrected chi connectivity index (χ0v) is 12.9. The number of carbonyl (C=O) groups excluding carboxylic acids is 1. The van der Waals surface area contributed by atoms with Gasteiger partial charge in [-0.15, -0.1) is 0 Å². The Morgan fingerprint density at radius 1 is 1.43 bits per heavy atom. The number of hydrogen-bond donors (Lipinski definition) is 2. The van der Waals surface area contributed by atoms with Gasteiger partial charge in [-0.25, -0.2) is 13.5 Å². The summed E-state index contributed by atoms with van der Waals surface area (Å²) >= 11 is 0. The van der Waals surface area contributed by atoms with Gasteiger partial charge in [0.05, 0.1) is 17.8 Å². The normalized spacial score (nSPS) is 16.9. The molecule has 1 amide bonds. The van der Waals surface area contributed by atoms with Crippen molar-refractivity contribution in [1.29, 1.82) is 0 Å². The second kappa shape index (κ2) is 5.42. The molecule has 1 heterocycles. The van der Waals surface area contributed by atoms with Crippen LogP contribution in [0.15, 0.2) is 24.4 Å². The molecule has 0 bridgehead atoms. The Morgan fingerprint density at radius 2 is 2.13 bits per heavy atom. The number of amides is 1. The van der Waals surface area contributed by atoms with E-state index >= 15 is 0 Å². The van der Waals surface area contributed by atoms with Crippen molar-refractivity contribution in [2.45, 2.75) is 38.3 Å². The summed E-state index contributed by atoms with van der Waals surface area (Å²) < 4.78 is 28.3. The number of nitrogens with zero attached hydrogens (tertiary/aromatic N) is 2. The minimum Gasteiger partial charge on any atom is -0.348 e. The lowest BCUT2D eigenvalue weighted by Gasteiger charge is -2.17. The first-order chi connectivity index (χ1) is 10.8. The van der Waals surface area contributed by atoms with Crippen molar-refractivity contribution in [3.63, 3.8) is 0 Å². The third-order valence-corrected chi connectivity index (χ3v) is 4.24. The molecule has 0 unspecified atom stereocenters. The maximum Gasteiger partial charge on any atom is 0.240 e. The molecule has 1 aliphatic carbocycles. The van der Waals surface area contributed by atoms with Gasteiger partial charge < -0.3 is 11.1 Å². The molecule has 0 saturated heterocycles. The molecular weight excluding hydrogens is 302 g/mol. The van der Waals surface area contributed by atoms with Crippen molar-refractivity contribution in [3.05, 3.63) is 47.3 Å². The minimum absolute atomic E-state index is 0.158. The van der Waals surface area contributed by atoms with E-state index in [9.17, 15) is 13.6 Å². The Bertz CT molecular complexity index is 767. The molecule has 0 aliphatic heterocycles. The third-order valence-electron chi connectivity index (χ3n) is 4.24. The summed E-state index contributed by atoms with van der Waals surface area (Å²) in [5.74, 6) is -1.53. The lowest BCUT2D eigenvalue weighted by atomic mass is 10.1. The van der Waals surface area contributed by atoms with Gasteiger partial charge in [-0.05, 0) is 38.8 Å². The molecule has 0 radical (unpaired) electrons. The summed E-state index contributed by atoms with van der Waals surface area (Å²) in [6.07, 6.45) is 2.94. The number of hydrogen-bond acceptors (Lipinski definition) is 3. The first-order valence-corrected chi connectivity index (χ1v) is 7.41. The summed E-state index contributed by atoms with van der Waals surface area (Å²) in [5.41, 5.74) is 6.70. The number of nitrogens with one attached hydrogen (secondary N) is 1. The first-order valence-electron chi connectivity index (χ1n) is 7.41. The maximum absolute atomic E-state index is 13.9. The van der Waals surface area contributed by atoms with E-state index in [4.69, 9.17) is 5.73 Å². The Morgan fingerprint density at radius 3 is 2.74 bits per heavy atom. The smallest absolute Gasteiger partial charge is 0.240 e. The third kappa shape index (κ3) is 2.84. The fraction of sp³-hybridized carbons (Fsp3) is 0.375. The van der Waals surface area contributed by atoms with Crippen LogP contribution in [-0.2, 0) is 4.79 Å². The van der Waals surface area contributed by atoms with E-state index in [1.165, 1.54) is 16.8 Å². The summed E-state index contributed by atoms with van der Waals surface area (Å²) in [6.45, 7) is 3.59. The molecule has 1 aromatic heterocycles. The Balaban J connectivity index is 1.85. The Kier molecular flexibility index (Phi) is 3.68. The molecule has 1 aromatic carbocycles. The largest absolute Gasteiger partial charge is 0.348 e. The molecule has 1 aliphatic rings. The van der Waals surface area contributed by atoms with Crippen LogP contribution in [0.4, 0.5) is 8.78 Å². The molecule has 23 heavy (non-hydrogen) atoms. The van der Waals surface area contributed by atoms with Crippen molar-refractivity contribution in [2.24, 2.45) is 5.73 Å². The number of halogens is 2. The zero-order chi connectivity index (χ0) is 16.8. The van der Waals surface area contributed by atoms with Crippen LogP contribution in [-0.4, -0.2) is 21.2 Å². The Hall–Kier alpha value is -2.28. The molecule has 2 aromatic rings. The fourth-order valence-corrected chi connectivity index (χ4v) is 2.52. The monoisotopic (exact) mass is 320 g/mol. The van der Waals surface area contributed by atoms with E-state index < -0.39 is 17.2 Å². The van der Waals surface area contributed by atoms with Crippen molar-refractivity contribution in [2.75, 3.05) is 0 Å². The molecule has 122 valence electrons. The van der Waals surface area contributed by atoms with E-state index in [-0.39, 0.29) is 17.6 Å².